The summed E-state index contributed by atoms with van der Waals surface area (Å²) < 4.78 is 18.4. The second-order valence-electron chi connectivity index (χ2n) is 6.54. The van der Waals surface area contributed by atoms with E-state index in [2.05, 4.69) is 11.9 Å². The minimum absolute atomic E-state index is 0.150. The summed E-state index contributed by atoms with van der Waals surface area (Å²) in [7, 11) is 7.81. The van der Waals surface area contributed by atoms with E-state index in [1.165, 1.54) is 38.1 Å². The molecule has 0 aromatic heterocycles. The standard InChI is InChI=1S/C12H14BFO2.C5H11N/c1-12(2,3)16-11(15)10(13)8-6-4-5-7-9(8)14;1-6-4-2-3-5-6/h4-7,10H,1-3H3;2-5H2,1H3/t10-;/m1./s1. The number of carbonyl (C=O) groups excluding carboxylic acids is 1. The van der Waals surface area contributed by atoms with E-state index in [-0.39, 0.29) is 5.56 Å². The van der Waals surface area contributed by atoms with Gasteiger partial charge < -0.3 is 9.64 Å². The molecule has 0 bridgehead atoms. The number of hydrogen-bond donors (Lipinski definition) is 0. The number of halogens is 1. The number of hydrogen-bond acceptors (Lipinski definition) is 3. The van der Waals surface area contributed by atoms with Crippen molar-refractivity contribution in [3.05, 3.63) is 35.6 Å². The number of esters is 1. The predicted octanol–water partition coefficient (Wildman–Crippen LogP) is 3.09. The third-order valence-electron chi connectivity index (χ3n) is 3.23. The van der Waals surface area contributed by atoms with Crippen molar-refractivity contribution in [3.8, 4) is 0 Å². The molecule has 3 nitrogen and oxygen atoms in total. The molecule has 1 aromatic carbocycles. The van der Waals surface area contributed by atoms with Gasteiger partial charge in [-0.2, -0.15) is 0 Å². The Kier molecular flexibility index (Phi) is 7.07. The van der Waals surface area contributed by atoms with Crippen molar-refractivity contribution in [2.75, 3.05) is 20.1 Å². The molecule has 0 unspecified atom stereocenters. The molecule has 0 amide bonds. The Morgan fingerprint density at radius 2 is 1.82 bits per heavy atom. The molecule has 0 spiro atoms. The molecule has 1 fully saturated rings. The van der Waals surface area contributed by atoms with Crippen LogP contribution in [0.4, 0.5) is 4.39 Å². The smallest absolute Gasteiger partial charge is 0.304 e. The summed E-state index contributed by atoms with van der Waals surface area (Å²) in [5.74, 6) is -2.21. The van der Waals surface area contributed by atoms with Gasteiger partial charge in [-0.25, -0.2) is 4.39 Å². The maximum Gasteiger partial charge on any atom is 0.304 e. The molecule has 120 valence electrons. The van der Waals surface area contributed by atoms with Crippen LogP contribution in [0, 0.1) is 5.82 Å². The SMILES string of the molecule is CN1CCCC1.[B][C@@H](C(=O)OC(C)(C)C)c1ccccc1F. The Morgan fingerprint density at radius 3 is 2.23 bits per heavy atom. The minimum atomic E-state index is -1.08. The van der Waals surface area contributed by atoms with Crippen LogP contribution < -0.4 is 0 Å². The summed E-state index contributed by atoms with van der Waals surface area (Å²) in [6, 6.07) is 5.91. The highest BCUT2D eigenvalue weighted by Gasteiger charge is 2.24. The monoisotopic (exact) mass is 305 g/mol. The quantitative estimate of drug-likeness (QED) is 0.621. The van der Waals surface area contributed by atoms with E-state index in [1.807, 2.05) is 0 Å². The van der Waals surface area contributed by atoms with Gasteiger partial charge in [0, 0.05) is 5.82 Å². The lowest BCUT2D eigenvalue weighted by Gasteiger charge is -2.22. The van der Waals surface area contributed by atoms with Gasteiger partial charge in [-0.1, -0.05) is 18.2 Å². The first kappa shape index (κ1) is 18.7. The van der Waals surface area contributed by atoms with Gasteiger partial charge in [-0.05, 0) is 65.4 Å². The van der Waals surface area contributed by atoms with Crippen molar-refractivity contribution >= 4 is 13.8 Å². The minimum Gasteiger partial charge on any atom is -0.460 e. The van der Waals surface area contributed by atoms with Crippen molar-refractivity contribution in [1.29, 1.82) is 0 Å². The van der Waals surface area contributed by atoms with Crippen molar-refractivity contribution in [1.82, 2.24) is 4.90 Å². The number of nitrogens with zero attached hydrogens (tertiary/aromatic N) is 1. The maximum absolute atomic E-state index is 13.3. The molecular weight excluding hydrogens is 280 g/mol. The van der Waals surface area contributed by atoms with E-state index in [0.29, 0.717) is 0 Å². The zero-order chi connectivity index (χ0) is 16.8. The molecule has 22 heavy (non-hydrogen) atoms. The van der Waals surface area contributed by atoms with Gasteiger partial charge in [0.25, 0.3) is 0 Å². The summed E-state index contributed by atoms with van der Waals surface area (Å²) in [5.41, 5.74) is -0.475. The molecule has 1 aliphatic heterocycles. The molecule has 1 aromatic rings. The molecule has 1 atom stereocenters. The third-order valence-corrected chi connectivity index (χ3v) is 3.23. The number of likely N-dealkylation sites (tertiary alicyclic amines) is 1. The second-order valence-corrected chi connectivity index (χ2v) is 6.54. The van der Waals surface area contributed by atoms with Crippen LogP contribution in [0.1, 0.15) is 45.0 Å². The lowest BCUT2D eigenvalue weighted by molar-refractivity contribution is -0.154. The lowest BCUT2D eigenvalue weighted by atomic mass is 9.81. The fourth-order valence-electron chi connectivity index (χ4n) is 2.09. The fraction of sp³-hybridized carbons (Fsp3) is 0.588. The van der Waals surface area contributed by atoms with Crippen molar-refractivity contribution in [2.45, 2.75) is 45.0 Å². The van der Waals surface area contributed by atoms with Gasteiger partial charge in [-0.15, -0.1) is 0 Å². The van der Waals surface area contributed by atoms with Crippen LogP contribution in [0.2, 0.25) is 0 Å². The summed E-state index contributed by atoms with van der Waals surface area (Å²) in [6.45, 7) is 7.84. The Bertz CT molecular complexity index is 482. The molecule has 5 heteroatoms. The lowest BCUT2D eigenvalue weighted by Crippen LogP contribution is -2.28. The van der Waals surface area contributed by atoms with Crippen LogP contribution in [-0.4, -0.2) is 44.5 Å². The van der Waals surface area contributed by atoms with Crippen molar-refractivity contribution < 1.29 is 13.9 Å². The third kappa shape index (κ3) is 6.61. The Morgan fingerprint density at radius 1 is 1.27 bits per heavy atom. The normalized spacial score (nSPS) is 16.6. The molecule has 1 aliphatic rings. The summed E-state index contributed by atoms with van der Waals surface area (Å²) in [4.78, 5) is 14.0. The molecule has 2 rings (SSSR count). The molecule has 0 saturated carbocycles. The van der Waals surface area contributed by atoms with E-state index in [4.69, 9.17) is 12.6 Å². The summed E-state index contributed by atoms with van der Waals surface area (Å²) in [6.07, 6.45) is 2.83. The largest absolute Gasteiger partial charge is 0.460 e. The molecule has 1 heterocycles. The first-order valence-electron chi connectivity index (χ1n) is 7.62. The molecule has 0 N–H and O–H groups in total. The van der Waals surface area contributed by atoms with Crippen LogP contribution >= 0.6 is 0 Å². The topological polar surface area (TPSA) is 29.5 Å². The Balaban J connectivity index is 0.000000335. The maximum atomic E-state index is 13.3. The summed E-state index contributed by atoms with van der Waals surface area (Å²) in [5, 5.41) is 0. The zero-order valence-corrected chi connectivity index (χ0v) is 13.9. The average Bonchev–Trinajstić information content (AvgIpc) is 2.88. The first-order chi connectivity index (χ1) is 10.2. The number of benzene rings is 1. The van der Waals surface area contributed by atoms with Gasteiger partial charge in [0.2, 0.25) is 0 Å². The molecule has 0 aliphatic carbocycles. The number of carbonyl (C=O) groups is 1. The highest BCUT2D eigenvalue weighted by atomic mass is 19.1. The van der Waals surface area contributed by atoms with E-state index >= 15 is 0 Å². The molecular formula is C17H25BFNO2. The highest BCUT2D eigenvalue weighted by molar-refractivity contribution is 6.23. The number of rotatable bonds is 2. The van der Waals surface area contributed by atoms with Gasteiger partial charge in [0.1, 0.15) is 11.4 Å². The Labute approximate surface area is 134 Å². The van der Waals surface area contributed by atoms with Gasteiger partial charge >= 0.3 is 5.97 Å². The predicted molar refractivity (Wildman–Crippen MR) is 87.5 cm³/mol. The van der Waals surface area contributed by atoms with Gasteiger partial charge in [-0.3, -0.25) is 4.79 Å². The zero-order valence-electron chi connectivity index (χ0n) is 13.9. The second kappa shape index (κ2) is 8.32. The fourth-order valence-corrected chi connectivity index (χ4v) is 2.09. The van der Waals surface area contributed by atoms with E-state index in [9.17, 15) is 9.18 Å². The Hall–Kier alpha value is -1.36. The van der Waals surface area contributed by atoms with Crippen LogP contribution in [0.25, 0.3) is 0 Å². The molecule has 1 saturated heterocycles. The molecule has 2 radical (unpaired) electrons. The summed E-state index contributed by atoms with van der Waals surface area (Å²) >= 11 is 0. The average molecular weight is 305 g/mol. The van der Waals surface area contributed by atoms with E-state index in [0.717, 1.165) is 0 Å². The first-order valence-corrected chi connectivity index (χ1v) is 7.62. The number of ether oxygens (including phenoxy) is 1. The van der Waals surface area contributed by atoms with Crippen LogP contribution in [0.3, 0.4) is 0 Å². The van der Waals surface area contributed by atoms with Gasteiger partial charge in [0.05, 0.1) is 7.85 Å². The van der Waals surface area contributed by atoms with Crippen molar-refractivity contribution in [2.24, 2.45) is 0 Å². The van der Waals surface area contributed by atoms with Crippen LogP contribution in [0.5, 0.6) is 0 Å². The van der Waals surface area contributed by atoms with E-state index in [1.54, 1.807) is 32.9 Å². The van der Waals surface area contributed by atoms with Crippen LogP contribution in [-0.2, 0) is 9.53 Å². The highest BCUT2D eigenvalue weighted by Crippen LogP contribution is 2.20. The van der Waals surface area contributed by atoms with Crippen molar-refractivity contribution in [3.63, 3.8) is 0 Å². The van der Waals surface area contributed by atoms with Gasteiger partial charge in [0.15, 0.2) is 0 Å². The van der Waals surface area contributed by atoms with E-state index < -0.39 is 23.2 Å². The van der Waals surface area contributed by atoms with Crippen LogP contribution in [0.15, 0.2) is 24.3 Å².